The third-order valence-corrected chi connectivity index (χ3v) is 5.89. The molecule has 0 spiro atoms. The van der Waals surface area contributed by atoms with Gasteiger partial charge in [-0.15, -0.1) is 0 Å². The first-order chi connectivity index (χ1) is 12.1. The van der Waals surface area contributed by atoms with Gasteiger partial charge in [-0.1, -0.05) is 42.5 Å². The van der Waals surface area contributed by atoms with Gasteiger partial charge in [0.15, 0.2) is 0 Å². The summed E-state index contributed by atoms with van der Waals surface area (Å²) < 4.78 is 0. The summed E-state index contributed by atoms with van der Waals surface area (Å²) in [7, 11) is 0. The van der Waals surface area contributed by atoms with Crippen molar-refractivity contribution in [3.63, 3.8) is 0 Å². The second-order valence-electron chi connectivity index (χ2n) is 7.70. The lowest BCUT2D eigenvalue weighted by Gasteiger charge is -2.45. The standard InChI is InChI=1S/C21H26N2O2/c24-19(12-15-5-6-16-3-1-2-4-17(16)11-15)13-22-14-21-9-7-18(8-10-21)23-20(21)25/h1-6,11,18-19,22,24H,7-10,12-14H2,(H,23,25). The van der Waals surface area contributed by atoms with Crippen LogP contribution in [0.25, 0.3) is 10.8 Å². The molecule has 2 heterocycles. The Kier molecular flexibility index (Phi) is 4.48. The maximum atomic E-state index is 12.3. The SMILES string of the molecule is O=C1NC2CCC1(CNCC(O)Cc1ccc3ccccc3c1)CC2. The lowest BCUT2D eigenvalue weighted by molar-refractivity contribution is -0.139. The first-order valence-electron chi connectivity index (χ1n) is 9.32. The van der Waals surface area contributed by atoms with Gasteiger partial charge in [-0.05, 0) is 48.4 Å². The highest BCUT2D eigenvalue weighted by molar-refractivity contribution is 5.85. The molecule has 1 unspecified atom stereocenters. The quantitative estimate of drug-likeness (QED) is 0.758. The van der Waals surface area contributed by atoms with Gasteiger partial charge in [-0.25, -0.2) is 0 Å². The van der Waals surface area contributed by atoms with E-state index in [0.717, 1.165) is 31.2 Å². The van der Waals surface area contributed by atoms with Crippen molar-refractivity contribution in [3.05, 3.63) is 48.0 Å². The molecule has 4 heteroatoms. The average molecular weight is 338 g/mol. The molecule has 3 aliphatic rings. The van der Waals surface area contributed by atoms with Gasteiger partial charge < -0.3 is 15.7 Å². The molecule has 2 aliphatic heterocycles. The molecule has 2 bridgehead atoms. The second kappa shape index (κ2) is 6.77. The van der Waals surface area contributed by atoms with Crippen LogP contribution in [0, 0.1) is 5.41 Å². The molecule has 25 heavy (non-hydrogen) atoms. The number of rotatable bonds is 6. The highest BCUT2D eigenvalue weighted by Crippen LogP contribution is 2.40. The van der Waals surface area contributed by atoms with Crippen molar-refractivity contribution in [1.29, 1.82) is 0 Å². The van der Waals surface area contributed by atoms with Crippen LogP contribution in [0.15, 0.2) is 42.5 Å². The smallest absolute Gasteiger partial charge is 0.227 e. The summed E-state index contributed by atoms with van der Waals surface area (Å²) in [4.78, 5) is 12.3. The number of fused-ring (bicyclic) bond motifs is 4. The van der Waals surface area contributed by atoms with Gasteiger partial charge in [0.05, 0.1) is 11.5 Å². The van der Waals surface area contributed by atoms with E-state index in [1.54, 1.807) is 0 Å². The Morgan fingerprint density at radius 3 is 2.68 bits per heavy atom. The topological polar surface area (TPSA) is 61.4 Å². The Morgan fingerprint density at radius 1 is 1.16 bits per heavy atom. The zero-order valence-electron chi connectivity index (χ0n) is 14.5. The van der Waals surface area contributed by atoms with Gasteiger partial charge in [-0.3, -0.25) is 4.79 Å². The van der Waals surface area contributed by atoms with E-state index in [0.29, 0.717) is 25.6 Å². The molecule has 1 saturated carbocycles. The lowest BCUT2D eigenvalue weighted by atomic mass is 9.68. The second-order valence-corrected chi connectivity index (χ2v) is 7.70. The maximum absolute atomic E-state index is 12.3. The first kappa shape index (κ1) is 16.6. The van der Waals surface area contributed by atoms with Crippen LogP contribution in [0.4, 0.5) is 0 Å². The van der Waals surface area contributed by atoms with Gasteiger partial charge in [-0.2, -0.15) is 0 Å². The summed E-state index contributed by atoms with van der Waals surface area (Å²) in [5, 5.41) is 19.3. The monoisotopic (exact) mass is 338 g/mol. The van der Waals surface area contributed by atoms with E-state index < -0.39 is 6.10 Å². The molecule has 132 valence electrons. The Morgan fingerprint density at radius 2 is 1.92 bits per heavy atom. The molecular weight excluding hydrogens is 312 g/mol. The molecule has 5 rings (SSSR count). The third-order valence-electron chi connectivity index (χ3n) is 5.89. The van der Waals surface area contributed by atoms with Crippen molar-refractivity contribution in [2.75, 3.05) is 13.1 Å². The molecule has 2 saturated heterocycles. The fourth-order valence-electron chi connectivity index (χ4n) is 4.33. The summed E-state index contributed by atoms with van der Waals surface area (Å²) in [6.45, 7) is 1.19. The van der Waals surface area contributed by atoms with Crippen LogP contribution in [0.2, 0.25) is 0 Å². The van der Waals surface area contributed by atoms with Crippen LogP contribution in [0.5, 0.6) is 0 Å². The zero-order valence-corrected chi connectivity index (χ0v) is 14.5. The highest BCUT2D eigenvalue weighted by atomic mass is 16.3. The van der Waals surface area contributed by atoms with Crippen LogP contribution in [-0.4, -0.2) is 36.2 Å². The number of aliphatic hydroxyl groups excluding tert-OH is 1. The summed E-state index contributed by atoms with van der Waals surface area (Å²) in [5.74, 6) is 0.200. The average Bonchev–Trinajstić information content (AvgIpc) is 2.63. The van der Waals surface area contributed by atoms with Crippen LogP contribution >= 0.6 is 0 Å². The molecule has 2 aromatic carbocycles. The molecule has 1 atom stereocenters. The maximum Gasteiger partial charge on any atom is 0.227 e. The molecular formula is C21H26N2O2. The van der Waals surface area contributed by atoms with Gasteiger partial charge in [0, 0.05) is 19.1 Å². The molecule has 1 amide bonds. The number of amides is 1. The predicted octanol–water partition coefficient (Wildman–Crippen LogP) is 2.39. The van der Waals surface area contributed by atoms with E-state index in [2.05, 4.69) is 41.0 Å². The third kappa shape index (κ3) is 3.42. The van der Waals surface area contributed by atoms with E-state index in [-0.39, 0.29) is 11.3 Å². The first-order valence-corrected chi connectivity index (χ1v) is 9.32. The van der Waals surface area contributed by atoms with E-state index >= 15 is 0 Å². The summed E-state index contributed by atoms with van der Waals surface area (Å²) in [6.07, 6.45) is 4.30. The molecule has 4 nitrogen and oxygen atoms in total. The minimum atomic E-state index is -0.444. The Labute approximate surface area is 148 Å². The van der Waals surface area contributed by atoms with Crippen LogP contribution < -0.4 is 10.6 Å². The van der Waals surface area contributed by atoms with Crippen LogP contribution in [0.3, 0.4) is 0 Å². The summed E-state index contributed by atoms with van der Waals surface area (Å²) in [5.41, 5.74) is 0.888. The number of carbonyl (C=O) groups excluding carboxylic acids is 1. The fourth-order valence-corrected chi connectivity index (χ4v) is 4.33. The fraction of sp³-hybridized carbons (Fsp3) is 0.476. The normalized spacial score (nSPS) is 26.6. The number of piperidine rings is 2. The van der Waals surface area contributed by atoms with Gasteiger partial charge in [0.25, 0.3) is 0 Å². The summed E-state index contributed by atoms with van der Waals surface area (Å²) in [6, 6.07) is 15.0. The number of carbonyl (C=O) groups is 1. The van der Waals surface area contributed by atoms with Gasteiger partial charge in [0.2, 0.25) is 5.91 Å². The molecule has 1 aliphatic carbocycles. The molecule has 3 fully saturated rings. The number of benzene rings is 2. The van der Waals surface area contributed by atoms with Crippen molar-refractivity contribution in [3.8, 4) is 0 Å². The van der Waals surface area contributed by atoms with E-state index in [9.17, 15) is 9.90 Å². The summed E-state index contributed by atoms with van der Waals surface area (Å²) >= 11 is 0. The predicted molar refractivity (Wildman–Crippen MR) is 99.4 cm³/mol. The molecule has 3 N–H and O–H groups in total. The van der Waals surface area contributed by atoms with E-state index in [1.165, 1.54) is 10.8 Å². The van der Waals surface area contributed by atoms with Crippen molar-refractivity contribution in [2.24, 2.45) is 5.41 Å². The van der Waals surface area contributed by atoms with Gasteiger partial charge >= 0.3 is 0 Å². The minimum absolute atomic E-state index is 0.200. The number of nitrogens with one attached hydrogen (secondary N) is 2. The van der Waals surface area contributed by atoms with Crippen molar-refractivity contribution in [1.82, 2.24) is 10.6 Å². The number of hydrogen-bond donors (Lipinski definition) is 3. The van der Waals surface area contributed by atoms with Crippen LogP contribution in [-0.2, 0) is 11.2 Å². The lowest BCUT2D eigenvalue weighted by Crippen LogP contribution is -2.59. The largest absolute Gasteiger partial charge is 0.391 e. The Bertz CT molecular complexity index is 765. The number of hydrogen-bond acceptors (Lipinski definition) is 3. The number of aliphatic hydroxyl groups is 1. The zero-order chi connectivity index (χ0) is 17.3. The molecule has 2 aromatic rings. The van der Waals surface area contributed by atoms with E-state index in [4.69, 9.17) is 0 Å². The minimum Gasteiger partial charge on any atom is -0.391 e. The molecule has 0 aromatic heterocycles. The van der Waals surface area contributed by atoms with E-state index in [1.807, 2.05) is 12.1 Å². The van der Waals surface area contributed by atoms with Crippen LogP contribution in [0.1, 0.15) is 31.2 Å². The van der Waals surface area contributed by atoms with Crippen molar-refractivity contribution >= 4 is 16.7 Å². The van der Waals surface area contributed by atoms with Gasteiger partial charge in [0.1, 0.15) is 0 Å². The van der Waals surface area contributed by atoms with Crippen molar-refractivity contribution < 1.29 is 9.90 Å². The Hall–Kier alpha value is -1.91. The Balaban J connectivity index is 1.31. The highest BCUT2D eigenvalue weighted by Gasteiger charge is 2.46. The van der Waals surface area contributed by atoms with Crippen molar-refractivity contribution in [2.45, 2.75) is 44.2 Å². The molecule has 0 radical (unpaired) electrons.